The molecule has 0 atom stereocenters. The summed E-state index contributed by atoms with van der Waals surface area (Å²) >= 11 is 0. The summed E-state index contributed by atoms with van der Waals surface area (Å²) in [5.41, 5.74) is 0.783. The maximum atomic E-state index is 12.8. The fraction of sp³-hybridized carbons (Fsp3) is 0.174. The number of nitrogens with zero attached hydrogens (tertiary/aromatic N) is 1. The fourth-order valence-electron chi connectivity index (χ4n) is 2.89. The Morgan fingerprint density at radius 1 is 0.935 bits per heavy atom. The van der Waals surface area contributed by atoms with Crippen LogP contribution in [0.1, 0.15) is 6.92 Å². The van der Waals surface area contributed by atoms with E-state index in [2.05, 4.69) is 5.32 Å². The minimum atomic E-state index is -3.71. The van der Waals surface area contributed by atoms with Gasteiger partial charge in [-0.15, -0.1) is 0 Å². The average Bonchev–Trinajstić information content (AvgIpc) is 2.74. The Morgan fingerprint density at radius 3 is 2.32 bits per heavy atom. The summed E-state index contributed by atoms with van der Waals surface area (Å²) in [5, 5.41) is 2.74. The van der Waals surface area contributed by atoms with Crippen LogP contribution in [0.2, 0.25) is 0 Å². The van der Waals surface area contributed by atoms with Crippen molar-refractivity contribution in [1.82, 2.24) is 0 Å². The van der Waals surface area contributed by atoms with Crippen molar-refractivity contribution in [2.75, 3.05) is 29.0 Å². The molecule has 0 aliphatic carbocycles. The Kier molecular flexibility index (Phi) is 7.15. The Labute approximate surface area is 182 Å². The third kappa shape index (κ3) is 6.23. The van der Waals surface area contributed by atoms with E-state index in [1.165, 1.54) is 0 Å². The maximum absolute atomic E-state index is 12.8. The number of anilines is 2. The van der Waals surface area contributed by atoms with Gasteiger partial charge in [0.25, 0.3) is 0 Å². The minimum Gasteiger partial charge on any atom is -0.494 e. The average molecular weight is 441 g/mol. The molecule has 0 radical (unpaired) electrons. The summed E-state index contributed by atoms with van der Waals surface area (Å²) < 4.78 is 37.1. The Balaban J connectivity index is 1.79. The third-order valence-electron chi connectivity index (χ3n) is 4.24. The number of sulfonamides is 1. The van der Waals surface area contributed by atoms with Crippen LogP contribution in [0.25, 0.3) is 0 Å². The monoisotopic (exact) mass is 440 g/mol. The lowest BCUT2D eigenvalue weighted by Crippen LogP contribution is -2.37. The van der Waals surface area contributed by atoms with E-state index in [1.807, 2.05) is 25.1 Å². The van der Waals surface area contributed by atoms with Crippen LogP contribution < -0.4 is 19.1 Å². The Bertz CT molecular complexity index is 1130. The number of benzene rings is 3. The van der Waals surface area contributed by atoms with Gasteiger partial charge >= 0.3 is 0 Å². The second kappa shape index (κ2) is 9.99. The first-order valence-corrected chi connectivity index (χ1v) is 11.5. The molecule has 162 valence electrons. The van der Waals surface area contributed by atoms with Crippen molar-refractivity contribution in [3.63, 3.8) is 0 Å². The largest absolute Gasteiger partial charge is 0.494 e. The lowest BCUT2D eigenvalue weighted by Gasteiger charge is -2.22. The van der Waals surface area contributed by atoms with Crippen LogP contribution in [0.4, 0.5) is 11.4 Å². The number of para-hydroxylation sites is 3. The van der Waals surface area contributed by atoms with E-state index < -0.39 is 22.5 Å². The summed E-state index contributed by atoms with van der Waals surface area (Å²) in [4.78, 5) is 12.8. The zero-order valence-corrected chi connectivity index (χ0v) is 18.1. The zero-order chi connectivity index (χ0) is 22.3. The van der Waals surface area contributed by atoms with Crippen LogP contribution >= 0.6 is 0 Å². The molecule has 0 heterocycles. The third-order valence-corrected chi connectivity index (χ3v) is 5.38. The fourth-order valence-corrected chi connectivity index (χ4v) is 3.74. The highest BCUT2D eigenvalue weighted by molar-refractivity contribution is 7.92. The van der Waals surface area contributed by atoms with Gasteiger partial charge in [0, 0.05) is 6.07 Å². The number of carbonyl (C=O) groups is 1. The molecule has 0 saturated carbocycles. The zero-order valence-electron chi connectivity index (χ0n) is 17.3. The summed E-state index contributed by atoms with van der Waals surface area (Å²) in [7, 11) is -3.71. The summed E-state index contributed by atoms with van der Waals surface area (Å²) in [6.07, 6.45) is 1.06. The number of amides is 1. The number of ether oxygens (including phenoxy) is 2. The van der Waals surface area contributed by atoms with Crippen LogP contribution in [0, 0.1) is 0 Å². The van der Waals surface area contributed by atoms with Crippen molar-refractivity contribution in [1.29, 1.82) is 0 Å². The van der Waals surface area contributed by atoms with Gasteiger partial charge in [-0.1, -0.05) is 36.4 Å². The molecule has 0 aliphatic rings. The topological polar surface area (TPSA) is 84.9 Å². The predicted octanol–water partition coefficient (Wildman–Crippen LogP) is 4.28. The number of hydrogen-bond acceptors (Lipinski definition) is 5. The molecular weight excluding hydrogens is 416 g/mol. The molecule has 3 rings (SSSR count). The normalized spacial score (nSPS) is 10.9. The molecule has 1 N–H and O–H groups in total. The second-order valence-electron chi connectivity index (χ2n) is 6.66. The highest BCUT2D eigenvalue weighted by Crippen LogP contribution is 2.29. The highest BCUT2D eigenvalue weighted by Gasteiger charge is 2.22. The van der Waals surface area contributed by atoms with E-state index in [4.69, 9.17) is 9.47 Å². The summed E-state index contributed by atoms with van der Waals surface area (Å²) in [5.74, 6) is 1.09. The van der Waals surface area contributed by atoms with Crippen LogP contribution in [-0.4, -0.2) is 33.7 Å². The number of carbonyl (C=O) groups excluding carboxylic acids is 1. The minimum absolute atomic E-state index is 0.345. The Hall–Kier alpha value is -3.52. The molecule has 0 bridgehead atoms. The van der Waals surface area contributed by atoms with Crippen molar-refractivity contribution in [2.45, 2.75) is 6.92 Å². The van der Waals surface area contributed by atoms with Crippen LogP contribution in [0.3, 0.4) is 0 Å². The molecule has 0 aromatic heterocycles. The molecule has 0 fully saturated rings. The van der Waals surface area contributed by atoms with E-state index in [9.17, 15) is 13.2 Å². The van der Waals surface area contributed by atoms with Gasteiger partial charge in [-0.25, -0.2) is 8.42 Å². The van der Waals surface area contributed by atoms with Gasteiger partial charge in [-0.2, -0.15) is 0 Å². The molecule has 3 aromatic rings. The molecular formula is C23H24N2O5S. The van der Waals surface area contributed by atoms with Gasteiger partial charge in [0.15, 0.2) is 5.75 Å². The smallest absolute Gasteiger partial charge is 0.245 e. The van der Waals surface area contributed by atoms with E-state index in [1.54, 1.807) is 60.7 Å². The first-order chi connectivity index (χ1) is 14.9. The highest BCUT2D eigenvalue weighted by atomic mass is 32.2. The first kappa shape index (κ1) is 22.2. The maximum Gasteiger partial charge on any atom is 0.245 e. The number of nitrogens with one attached hydrogen (secondary N) is 1. The van der Waals surface area contributed by atoms with E-state index in [0.717, 1.165) is 10.6 Å². The molecule has 8 heteroatoms. The quantitative estimate of drug-likeness (QED) is 0.537. The van der Waals surface area contributed by atoms with Crippen LogP contribution in [0.5, 0.6) is 17.2 Å². The molecule has 0 spiro atoms. The van der Waals surface area contributed by atoms with Crippen molar-refractivity contribution in [2.24, 2.45) is 0 Å². The lowest BCUT2D eigenvalue weighted by molar-refractivity contribution is -0.114. The lowest BCUT2D eigenvalue weighted by atomic mass is 10.2. The number of hydrogen-bond donors (Lipinski definition) is 1. The van der Waals surface area contributed by atoms with Gasteiger partial charge in [-0.3, -0.25) is 9.10 Å². The van der Waals surface area contributed by atoms with Crippen LogP contribution in [0.15, 0.2) is 78.9 Å². The standard InChI is InChI=1S/C23H24N2O5S/c1-3-29-20-13-9-10-18(16-20)25(31(2,27)28)17-23(26)24-21-14-7-8-15-22(21)30-19-11-5-4-6-12-19/h4-16H,3,17H2,1-2H3,(H,24,26). The van der Waals surface area contributed by atoms with Gasteiger partial charge < -0.3 is 14.8 Å². The number of rotatable bonds is 9. The second-order valence-corrected chi connectivity index (χ2v) is 8.57. The predicted molar refractivity (Wildman–Crippen MR) is 121 cm³/mol. The molecule has 7 nitrogen and oxygen atoms in total. The molecule has 31 heavy (non-hydrogen) atoms. The molecule has 0 saturated heterocycles. The van der Waals surface area contributed by atoms with Gasteiger partial charge in [0.1, 0.15) is 18.0 Å². The SMILES string of the molecule is CCOc1cccc(N(CC(=O)Nc2ccccc2Oc2ccccc2)S(C)(=O)=O)c1. The molecule has 0 unspecified atom stereocenters. The van der Waals surface area contributed by atoms with Gasteiger partial charge in [0.2, 0.25) is 15.9 Å². The van der Waals surface area contributed by atoms with E-state index >= 15 is 0 Å². The van der Waals surface area contributed by atoms with Crippen molar-refractivity contribution in [3.8, 4) is 17.2 Å². The van der Waals surface area contributed by atoms with E-state index in [0.29, 0.717) is 35.2 Å². The van der Waals surface area contributed by atoms with Crippen molar-refractivity contribution in [3.05, 3.63) is 78.9 Å². The molecule has 0 aliphatic heterocycles. The molecule has 1 amide bonds. The van der Waals surface area contributed by atoms with Gasteiger partial charge in [0.05, 0.1) is 24.2 Å². The summed E-state index contributed by atoms with van der Waals surface area (Å²) in [6.45, 7) is 1.89. The van der Waals surface area contributed by atoms with Crippen LogP contribution in [-0.2, 0) is 14.8 Å². The molecule has 3 aromatic carbocycles. The van der Waals surface area contributed by atoms with E-state index in [-0.39, 0.29) is 0 Å². The van der Waals surface area contributed by atoms with Gasteiger partial charge in [-0.05, 0) is 43.3 Å². The Morgan fingerprint density at radius 2 is 1.61 bits per heavy atom. The summed E-state index contributed by atoms with van der Waals surface area (Å²) in [6, 6.07) is 22.7. The van der Waals surface area contributed by atoms with Crippen molar-refractivity contribution < 1.29 is 22.7 Å². The van der Waals surface area contributed by atoms with Crippen molar-refractivity contribution >= 4 is 27.3 Å². The first-order valence-electron chi connectivity index (χ1n) is 9.69.